The predicted molar refractivity (Wildman–Crippen MR) is 75.8 cm³/mol. The second-order valence-electron chi connectivity index (χ2n) is 3.85. The van der Waals surface area contributed by atoms with Crippen molar-refractivity contribution in [3.8, 4) is 5.75 Å². The van der Waals surface area contributed by atoms with E-state index in [4.69, 9.17) is 0 Å². The van der Waals surface area contributed by atoms with Gasteiger partial charge in [-0.15, -0.1) is 0 Å². The first-order chi connectivity index (χ1) is 9.87. The van der Waals surface area contributed by atoms with E-state index in [0.29, 0.717) is 4.47 Å². The number of halogens is 3. The second kappa shape index (κ2) is 6.35. The molecule has 0 aliphatic heterocycles. The molecule has 2 rings (SSSR count). The van der Waals surface area contributed by atoms with Crippen molar-refractivity contribution >= 4 is 31.6 Å². The summed E-state index contributed by atoms with van der Waals surface area (Å²) in [5, 5.41) is 0. The molecule has 1 heterocycles. The summed E-state index contributed by atoms with van der Waals surface area (Å²) < 4.78 is 55.2. The van der Waals surface area contributed by atoms with Crippen molar-refractivity contribution in [3.63, 3.8) is 0 Å². The zero-order valence-electron chi connectivity index (χ0n) is 10.3. The van der Waals surface area contributed by atoms with E-state index in [1.54, 1.807) is 0 Å². The van der Waals surface area contributed by atoms with Gasteiger partial charge in [0, 0.05) is 22.6 Å². The maximum atomic E-state index is 12.1. The van der Waals surface area contributed by atoms with Crippen LogP contribution in [0.25, 0.3) is 0 Å². The number of alkyl halides is 2. The molecule has 1 N–H and O–H groups in total. The monoisotopic (exact) mass is 378 g/mol. The highest BCUT2D eigenvalue weighted by Crippen LogP contribution is 2.21. The number of hydrogen-bond acceptors (Lipinski definition) is 4. The maximum Gasteiger partial charge on any atom is 0.387 e. The molecule has 5 nitrogen and oxygen atoms in total. The molecule has 9 heteroatoms. The van der Waals surface area contributed by atoms with Gasteiger partial charge in [0.15, 0.2) is 0 Å². The molecule has 0 aliphatic rings. The summed E-state index contributed by atoms with van der Waals surface area (Å²) in [6, 6.07) is 6.51. The fourth-order valence-corrected chi connectivity index (χ4v) is 3.02. The van der Waals surface area contributed by atoms with Gasteiger partial charge < -0.3 is 4.74 Å². The van der Waals surface area contributed by atoms with Gasteiger partial charge in [0.1, 0.15) is 10.6 Å². The highest BCUT2D eigenvalue weighted by Gasteiger charge is 2.15. The molecule has 0 fully saturated rings. The van der Waals surface area contributed by atoms with Crippen molar-refractivity contribution in [1.82, 2.24) is 4.98 Å². The summed E-state index contributed by atoms with van der Waals surface area (Å²) in [7, 11) is -3.80. The minimum Gasteiger partial charge on any atom is -0.435 e. The first-order valence-corrected chi connectivity index (χ1v) is 7.83. The van der Waals surface area contributed by atoms with Gasteiger partial charge in [-0.05, 0) is 46.3 Å². The molecule has 1 aromatic heterocycles. The van der Waals surface area contributed by atoms with Gasteiger partial charge in [0.05, 0.1) is 0 Å². The Labute approximate surface area is 128 Å². The van der Waals surface area contributed by atoms with Crippen LogP contribution in [0, 0.1) is 0 Å². The molecule has 0 atom stereocenters. The highest BCUT2D eigenvalue weighted by molar-refractivity contribution is 9.10. The molecule has 0 unspecified atom stereocenters. The molecule has 112 valence electrons. The first kappa shape index (κ1) is 15.6. The Hall–Kier alpha value is -1.74. The number of nitrogens with one attached hydrogen (secondary N) is 1. The number of hydrogen-bond donors (Lipinski definition) is 1. The van der Waals surface area contributed by atoms with Gasteiger partial charge in [-0.3, -0.25) is 9.71 Å². The van der Waals surface area contributed by atoms with Crippen molar-refractivity contribution in [2.45, 2.75) is 11.5 Å². The Bertz CT molecular complexity index is 724. The van der Waals surface area contributed by atoms with Crippen LogP contribution < -0.4 is 9.46 Å². The number of aromatic nitrogens is 1. The summed E-state index contributed by atoms with van der Waals surface area (Å²) in [5.41, 5.74) is 0.219. The van der Waals surface area contributed by atoms with Crippen LogP contribution in [0.4, 0.5) is 14.5 Å². The number of sulfonamides is 1. The van der Waals surface area contributed by atoms with E-state index in [1.165, 1.54) is 42.7 Å². The van der Waals surface area contributed by atoms with Gasteiger partial charge in [0.2, 0.25) is 0 Å². The van der Waals surface area contributed by atoms with Gasteiger partial charge >= 0.3 is 6.61 Å². The largest absolute Gasteiger partial charge is 0.435 e. The van der Waals surface area contributed by atoms with E-state index < -0.39 is 16.6 Å². The van der Waals surface area contributed by atoms with Gasteiger partial charge in [-0.25, -0.2) is 8.42 Å². The van der Waals surface area contributed by atoms with E-state index in [-0.39, 0.29) is 16.3 Å². The lowest BCUT2D eigenvalue weighted by atomic mass is 10.3. The molecule has 0 aliphatic carbocycles. The predicted octanol–water partition coefficient (Wildman–Crippen LogP) is 3.25. The summed E-state index contributed by atoms with van der Waals surface area (Å²) in [5.74, 6) is -0.0583. The summed E-state index contributed by atoms with van der Waals surface area (Å²) in [6.07, 6.45) is 2.65. The summed E-state index contributed by atoms with van der Waals surface area (Å²) in [4.78, 5) is 3.75. The zero-order valence-corrected chi connectivity index (χ0v) is 12.7. The molecule has 0 bridgehead atoms. The minimum atomic E-state index is -3.80. The third-order valence-corrected chi connectivity index (χ3v) is 4.10. The average Bonchev–Trinajstić information content (AvgIpc) is 2.40. The molecular weight excluding hydrogens is 370 g/mol. The molecule has 0 spiro atoms. The zero-order chi connectivity index (χ0) is 15.5. The Morgan fingerprint density at radius 2 is 1.86 bits per heavy atom. The molecule has 0 saturated carbocycles. The standard InChI is InChI=1S/C12H9BrF2N2O3S/c13-8-5-11(7-16-6-8)21(18,19)17-9-1-3-10(4-2-9)20-12(14)15/h1-7,12,17H. The molecule has 1 aromatic carbocycles. The third kappa shape index (κ3) is 4.36. The van der Waals surface area contributed by atoms with Crippen LogP contribution in [0.1, 0.15) is 0 Å². The molecular formula is C12H9BrF2N2O3S. The van der Waals surface area contributed by atoms with Crippen LogP contribution in [-0.2, 0) is 10.0 Å². The number of ether oxygens (including phenoxy) is 1. The number of nitrogens with zero attached hydrogens (tertiary/aromatic N) is 1. The SMILES string of the molecule is O=S(=O)(Nc1ccc(OC(F)F)cc1)c1cncc(Br)c1. The molecule has 0 saturated heterocycles. The maximum absolute atomic E-state index is 12.1. The van der Waals surface area contributed by atoms with Gasteiger partial charge in [0.25, 0.3) is 10.0 Å². The summed E-state index contributed by atoms with van der Waals surface area (Å²) in [6.45, 7) is -2.93. The van der Waals surface area contributed by atoms with E-state index in [9.17, 15) is 17.2 Å². The topological polar surface area (TPSA) is 68.3 Å². The van der Waals surface area contributed by atoms with Crippen LogP contribution >= 0.6 is 15.9 Å². The van der Waals surface area contributed by atoms with Crippen LogP contribution in [0.15, 0.2) is 52.1 Å². The van der Waals surface area contributed by atoms with Crippen molar-refractivity contribution in [2.75, 3.05) is 4.72 Å². The van der Waals surface area contributed by atoms with Crippen molar-refractivity contribution in [3.05, 3.63) is 47.2 Å². The van der Waals surface area contributed by atoms with Crippen LogP contribution in [-0.4, -0.2) is 20.0 Å². The fourth-order valence-electron chi connectivity index (χ4n) is 1.46. The van der Waals surface area contributed by atoms with Gasteiger partial charge in [-0.1, -0.05) is 0 Å². The van der Waals surface area contributed by atoms with Crippen molar-refractivity contribution in [2.24, 2.45) is 0 Å². The average molecular weight is 379 g/mol. The highest BCUT2D eigenvalue weighted by atomic mass is 79.9. The Kier molecular flexibility index (Phi) is 4.73. The minimum absolute atomic E-state index is 0.0234. The van der Waals surface area contributed by atoms with E-state index >= 15 is 0 Å². The Morgan fingerprint density at radius 1 is 1.19 bits per heavy atom. The quantitative estimate of drug-likeness (QED) is 0.866. The smallest absolute Gasteiger partial charge is 0.387 e. The van der Waals surface area contributed by atoms with Crippen molar-refractivity contribution in [1.29, 1.82) is 0 Å². The van der Waals surface area contributed by atoms with E-state index in [2.05, 4.69) is 30.4 Å². The number of anilines is 1. The van der Waals surface area contributed by atoms with Crippen LogP contribution in [0.2, 0.25) is 0 Å². The van der Waals surface area contributed by atoms with Crippen molar-refractivity contribution < 1.29 is 21.9 Å². The molecule has 2 aromatic rings. The normalized spacial score (nSPS) is 11.4. The van der Waals surface area contributed by atoms with Crippen LogP contribution in [0.3, 0.4) is 0 Å². The van der Waals surface area contributed by atoms with Gasteiger partial charge in [-0.2, -0.15) is 8.78 Å². The fraction of sp³-hybridized carbons (Fsp3) is 0.0833. The lowest BCUT2D eigenvalue weighted by Crippen LogP contribution is -2.13. The summed E-state index contributed by atoms with van der Waals surface area (Å²) >= 11 is 3.13. The second-order valence-corrected chi connectivity index (χ2v) is 6.45. The number of pyridine rings is 1. The lowest BCUT2D eigenvalue weighted by Gasteiger charge is -2.09. The third-order valence-electron chi connectivity index (χ3n) is 2.32. The Morgan fingerprint density at radius 3 is 2.43 bits per heavy atom. The molecule has 21 heavy (non-hydrogen) atoms. The molecule has 0 amide bonds. The number of rotatable bonds is 5. The van der Waals surface area contributed by atoms with E-state index in [0.717, 1.165) is 0 Å². The van der Waals surface area contributed by atoms with E-state index in [1.807, 2.05) is 0 Å². The first-order valence-electron chi connectivity index (χ1n) is 5.55. The number of benzene rings is 1. The lowest BCUT2D eigenvalue weighted by molar-refractivity contribution is -0.0498. The van der Waals surface area contributed by atoms with Crippen LogP contribution in [0.5, 0.6) is 5.75 Å². The Balaban J connectivity index is 2.17. The molecule has 0 radical (unpaired) electrons.